The second-order valence-electron chi connectivity index (χ2n) is 6.22. The molecule has 0 fully saturated rings. The van der Waals surface area contributed by atoms with Gasteiger partial charge in [-0.2, -0.15) is 0 Å². The number of rotatable bonds is 6. The number of carbonyl (C=O) groups is 1. The molecule has 2 aromatic heterocycles. The molecule has 0 aliphatic rings. The van der Waals surface area contributed by atoms with Crippen LogP contribution >= 0.6 is 11.3 Å². The number of amides is 1. The van der Waals surface area contributed by atoms with Gasteiger partial charge in [-0.1, -0.05) is 30.3 Å². The number of hydrogen-bond acceptors (Lipinski definition) is 5. The zero-order valence-electron chi connectivity index (χ0n) is 15.3. The van der Waals surface area contributed by atoms with E-state index in [0.29, 0.717) is 12.1 Å². The molecule has 0 spiro atoms. The van der Waals surface area contributed by atoms with Crippen LogP contribution in [-0.2, 0) is 6.54 Å². The van der Waals surface area contributed by atoms with Gasteiger partial charge in [0.25, 0.3) is 5.91 Å². The van der Waals surface area contributed by atoms with Crippen LogP contribution in [0.2, 0.25) is 0 Å². The minimum atomic E-state index is -0.133. The van der Waals surface area contributed by atoms with Gasteiger partial charge in [-0.25, -0.2) is 4.98 Å². The normalized spacial score (nSPS) is 10.6. The van der Waals surface area contributed by atoms with Gasteiger partial charge in [0.1, 0.15) is 0 Å². The molecule has 2 aromatic carbocycles. The minimum absolute atomic E-state index is 0.133. The maximum atomic E-state index is 12.8. The van der Waals surface area contributed by atoms with E-state index in [9.17, 15) is 4.79 Å². The zero-order chi connectivity index (χ0) is 19.3. The van der Waals surface area contributed by atoms with E-state index in [1.54, 1.807) is 6.26 Å². The predicted molar refractivity (Wildman–Crippen MR) is 112 cm³/mol. The maximum Gasteiger partial charge on any atom is 0.253 e. The Morgan fingerprint density at radius 3 is 2.61 bits per heavy atom. The number of nitrogens with zero attached hydrogens (tertiary/aromatic N) is 1. The average molecular weight is 389 g/mol. The molecular formula is C22H19N3O2S. The van der Waals surface area contributed by atoms with Gasteiger partial charge in [0.15, 0.2) is 10.8 Å². The van der Waals surface area contributed by atoms with Crippen molar-refractivity contribution in [3.8, 4) is 10.8 Å². The molecule has 2 N–H and O–H groups in total. The zero-order valence-corrected chi connectivity index (χ0v) is 16.1. The lowest BCUT2D eigenvalue weighted by atomic mass is 10.1. The molecule has 4 rings (SSSR count). The first-order valence-corrected chi connectivity index (χ1v) is 9.72. The summed E-state index contributed by atoms with van der Waals surface area (Å²) < 4.78 is 5.41. The Morgan fingerprint density at radius 2 is 1.82 bits per heavy atom. The molecule has 5 nitrogen and oxygen atoms in total. The highest BCUT2D eigenvalue weighted by Crippen LogP contribution is 2.28. The SMILES string of the molecule is Cc1nc(-c2ccco2)sc1CNC(=O)c1ccccc1Nc1ccccc1. The van der Waals surface area contributed by atoms with Crippen molar-refractivity contribution in [1.82, 2.24) is 10.3 Å². The molecule has 0 radical (unpaired) electrons. The summed E-state index contributed by atoms with van der Waals surface area (Å²) in [4.78, 5) is 18.3. The van der Waals surface area contributed by atoms with Gasteiger partial charge in [0.05, 0.1) is 29.8 Å². The molecular weight excluding hydrogens is 370 g/mol. The third-order valence-electron chi connectivity index (χ3n) is 4.26. The number of thiazole rings is 1. The monoisotopic (exact) mass is 389 g/mol. The van der Waals surface area contributed by atoms with E-state index in [1.165, 1.54) is 11.3 Å². The largest absolute Gasteiger partial charge is 0.462 e. The molecule has 0 aliphatic heterocycles. The molecule has 0 atom stereocenters. The van der Waals surface area contributed by atoms with Gasteiger partial charge in [-0.3, -0.25) is 4.79 Å². The number of nitrogens with one attached hydrogen (secondary N) is 2. The quantitative estimate of drug-likeness (QED) is 0.464. The van der Waals surface area contributed by atoms with E-state index >= 15 is 0 Å². The summed E-state index contributed by atoms with van der Waals surface area (Å²) in [6.45, 7) is 2.36. The number of furan rings is 1. The van der Waals surface area contributed by atoms with Crippen molar-refractivity contribution < 1.29 is 9.21 Å². The third-order valence-corrected chi connectivity index (χ3v) is 5.43. The van der Waals surface area contributed by atoms with Crippen LogP contribution in [0.1, 0.15) is 20.9 Å². The molecule has 4 aromatic rings. The first kappa shape index (κ1) is 18.0. The van der Waals surface area contributed by atoms with E-state index in [4.69, 9.17) is 4.42 Å². The smallest absolute Gasteiger partial charge is 0.253 e. The fourth-order valence-corrected chi connectivity index (χ4v) is 3.79. The Bertz CT molecular complexity index is 1070. The molecule has 140 valence electrons. The Kier molecular flexibility index (Phi) is 5.21. The number of anilines is 2. The number of carbonyl (C=O) groups excluding carboxylic acids is 1. The van der Waals surface area contributed by atoms with Gasteiger partial charge < -0.3 is 15.1 Å². The number of benzene rings is 2. The van der Waals surface area contributed by atoms with Crippen LogP contribution in [0.25, 0.3) is 10.8 Å². The summed E-state index contributed by atoms with van der Waals surface area (Å²) >= 11 is 1.53. The molecule has 0 saturated carbocycles. The molecule has 1 amide bonds. The molecule has 0 unspecified atom stereocenters. The summed E-state index contributed by atoms with van der Waals surface area (Å²) in [6, 6.07) is 21.0. The van der Waals surface area contributed by atoms with Gasteiger partial charge >= 0.3 is 0 Å². The number of aryl methyl sites for hydroxylation is 1. The van der Waals surface area contributed by atoms with Crippen LogP contribution in [0.5, 0.6) is 0 Å². The number of para-hydroxylation sites is 2. The van der Waals surface area contributed by atoms with E-state index in [1.807, 2.05) is 73.7 Å². The van der Waals surface area contributed by atoms with Gasteiger partial charge in [0, 0.05) is 10.6 Å². The topological polar surface area (TPSA) is 67.2 Å². The van der Waals surface area contributed by atoms with E-state index in [0.717, 1.165) is 32.7 Å². The third kappa shape index (κ3) is 3.97. The van der Waals surface area contributed by atoms with E-state index in [-0.39, 0.29) is 5.91 Å². The second kappa shape index (κ2) is 8.10. The lowest BCUT2D eigenvalue weighted by Gasteiger charge is -2.12. The highest BCUT2D eigenvalue weighted by atomic mass is 32.1. The highest BCUT2D eigenvalue weighted by Gasteiger charge is 2.15. The number of aromatic nitrogens is 1. The summed E-state index contributed by atoms with van der Waals surface area (Å²) in [7, 11) is 0. The lowest BCUT2D eigenvalue weighted by Crippen LogP contribution is -2.23. The molecule has 6 heteroatoms. The van der Waals surface area contributed by atoms with Crippen molar-refractivity contribution in [2.45, 2.75) is 13.5 Å². The molecule has 28 heavy (non-hydrogen) atoms. The molecule has 2 heterocycles. The summed E-state index contributed by atoms with van der Waals surface area (Å²) in [6.07, 6.45) is 1.63. The van der Waals surface area contributed by atoms with E-state index in [2.05, 4.69) is 15.6 Å². The Morgan fingerprint density at radius 1 is 1.04 bits per heavy atom. The fourth-order valence-electron chi connectivity index (χ4n) is 2.82. The second-order valence-corrected chi connectivity index (χ2v) is 7.31. The van der Waals surface area contributed by atoms with Crippen LogP contribution in [-0.4, -0.2) is 10.9 Å². The summed E-state index contributed by atoms with van der Waals surface area (Å²) in [5.74, 6) is 0.606. The number of hydrogen-bond donors (Lipinski definition) is 2. The summed E-state index contributed by atoms with van der Waals surface area (Å²) in [5, 5.41) is 7.12. The van der Waals surface area contributed by atoms with E-state index < -0.39 is 0 Å². The van der Waals surface area contributed by atoms with Crippen molar-refractivity contribution in [2.24, 2.45) is 0 Å². The molecule has 0 aliphatic carbocycles. The van der Waals surface area contributed by atoms with Crippen LogP contribution < -0.4 is 10.6 Å². The fraction of sp³-hybridized carbons (Fsp3) is 0.0909. The van der Waals surface area contributed by atoms with Crippen LogP contribution in [0, 0.1) is 6.92 Å². The lowest BCUT2D eigenvalue weighted by molar-refractivity contribution is 0.0952. The Labute approximate surface area is 167 Å². The van der Waals surface area contributed by atoms with Gasteiger partial charge in [-0.05, 0) is 43.3 Å². The Balaban J connectivity index is 1.48. The standard InChI is InChI=1S/C22H19N3O2S/c1-15-20(28-22(24-15)19-12-7-13-27-19)14-23-21(26)17-10-5-6-11-18(17)25-16-8-3-2-4-9-16/h2-13,25H,14H2,1H3,(H,23,26). The van der Waals surface area contributed by atoms with Crippen molar-refractivity contribution >= 4 is 28.6 Å². The average Bonchev–Trinajstić information content (AvgIpc) is 3.37. The molecule has 0 saturated heterocycles. The van der Waals surface area contributed by atoms with Crippen LogP contribution in [0.15, 0.2) is 77.4 Å². The molecule has 0 bridgehead atoms. The van der Waals surface area contributed by atoms with Crippen molar-refractivity contribution in [3.63, 3.8) is 0 Å². The first-order chi connectivity index (χ1) is 13.7. The summed E-state index contributed by atoms with van der Waals surface area (Å²) in [5.41, 5.74) is 3.19. The predicted octanol–water partition coefficient (Wildman–Crippen LogP) is 5.39. The van der Waals surface area contributed by atoms with Crippen molar-refractivity contribution in [3.05, 3.63) is 89.1 Å². The van der Waals surface area contributed by atoms with Crippen molar-refractivity contribution in [1.29, 1.82) is 0 Å². The van der Waals surface area contributed by atoms with Crippen LogP contribution in [0.3, 0.4) is 0 Å². The van der Waals surface area contributed by atoms with Gasteiger partial charge in [0.2, 0.25) is 0 Å². The minimum Gasteiger partial charge on any atom is -0.462 e. The first-order valence-electron chi connectivity index (χ1n) is 8.90. The van der Waals surface area contributed by atoms with Gasteiger partial charge in [-0.15, -0.1) is 11.3 Å². The van der Waals surface area contributed by atoms with Crippen LogP contribution in [0.4, 0.5) is 11.4 Å². The van der Waals surface area contributed by atoms with Crippen molar-refractivity contribution in [2.75, 3.05) is 5.32 Å². The maximum absolute atomic E-state index is 12.8. The highest BCUT2D eigenvalue weighted by molar-refractivity contribution is 7.15. The Hall–Kier alpha value is -3.38.